The van der Waals surface area contributed by atoms with Gasteiger partial charge in [0.25, 0.3) is 6.47 Å². The molecule has 0 amide bonds. The fraction of sp³-hybridized carbons (Fsp3) is 0.692. The van der Waals surface area contributed by atoms with Gasteiger partial charge in [-0.2, -0.15) is 0 Å². The Kier molecular flexibility index (Phi) is 2.98. The predicted octanol–water partition coefficient (Wildman–Crippen LogP) is 1.84. The third-order valence-electron chi connectivity index (χ3n) is 4.06. The van der Waals surface area contributed by atoms with Crippen molar-refractivity contribution in [2.24, 2.45) is 11.3 Å². The summed E-state index contributed by atoms with van der Waals surface area (Å²) in [6.45, 7) is 7.74. The Balaban J connectivity index is 2.14. The average Bonchev–Trinajstić information content (AvgIpc) is 2.75. The van der Waals surface area contributed by atoms with Crippen LogP contribution >= 0.6 is 0 Å². The van der Waals surface area contributed by atoms with Crippen molar-refractivity contribution in [1.29, 1.82) is 0 Å². The van der Waals surface area contributed by atoms with Crippen LogP contribution in [0, 0.1) is 11.3 Å². The monoisotopic (exact) mass is 238 g/mol. The molecule has 0 aromatic rings. The SMILES string of the molecule is C=C(C)C(=O)OC1C(OC=O)C2CCC1(C)C2. The minimum atomic E-state index is -0.400. The Bertz CT molecular complexity index is 362. The van der Waals surface area contributed by atoms with Gasteiger partial charge in [0, 0.05) is 16.9 Å². The van der Waals surface area contributed by atoms with E-state index in [-0.39, 0.29) is 17.6 Å². The van der Waals surface area contributed by atoms with Crippen LogP contribution in [-0.4, -0.2) is 24.6 Å². The highest BCUT2D eigenvalue weighted by Crippen LogP contribution is 2.56. The third-order valence-corrected chi connectivity index (χ3v) is 4.06. The molecule has 17 heavy (non-hydrogen) atoms. The van der Waals surface area contributed by atoms with Gasteiger partial charge < -0.3 is 9.47 Å². The van der Waals surface area contributed by atoms with Gasteiger partial charge >= 0.3 is 5.97 Å². The van der Waals surface area contributed by atoms with Crippen LogP contribution in [0.1, 0.15) is 33.1 Å². The van der Waals surface area contributed by atoms with E-state index in [9.17, 15) is 9.59 Å². The van der Waals surface area contributed by atoms with Gasteiger partial charge in [0.1, 0.15) is 12.2 Å². The number of hydrogen-bond donors (Lipinski definition) is 0. The van der Waals surface area contributed by atoms with Crippen molar-refractivity contribution in [2.45, 2.75) is 45.3 Å². The molecule has 0 heterocycles. The van der Waals surface area contributed by atoms with Crippen molar-refractivity contribution >= 4 is 12.4 Å². The molecule has 94 valence electrons. The van der Waals surface area contributed by atoms with Gasteiger partial charge in [0.05, 0.1) is 0 Å². The molecule has 4 nitrogen and oxygen atoms in total. The van der Waals surface area contributed by atoms with Gasteiger partial charge in [-0.05, 0) is 26.2 Å². The zero-order valence-corrected chi connectivity index (χ0v) is 10.3. The largest absolute Gasteiger partial charge is 0.460 e. The maximum Gasteiger partial charge on any atom is 0.333 e. The van der Waals surface area contributed by atoms with E-state index in [1.165, 1.54) is 0 Å². The molecule has 0 aromatic carbocycles. The van der Waals surface area contributed by atoms with Crippen molar-refractivity contribution in [3.05, 3.63) is 12.2 Å². The number of ether oxygens (including phenoxy) is 2. The van der Waals surface area contributed by atoms with Crippen molar-refractivity contribution in [2.75, 3.05) is 0 Å². The Labute approximate surface area is 101 Å². The summed E-state index contributed by atoms with van der Waals surface area (Å²) in [6.07, 6.45) is 2.41. The summed E-state index contributed by atoms with van der Waals surface area (Å²) in [5.41, 5.74) is 0.324. The van der Waals surface area contributed by atoms with E-state index in [0.717, 1.165) is 19.3 Å². The van der Waals surface area contributed by atoms with Gasteiger partial charge in [-0.1, -0.05) is 13.5 Å². The summed E-state index contributed by atoms with van der Waals surface area (Å²) in [5, 5.41) is 0. The van der Waals surface area contributed by atoms with Crippen LogP contribution in [0.25, 0.3) is 0 Å². The molecule has 0 aromatic heterocycles. The minimum absolute atomic E-state index is 0.0521. The van der Waals surface area contributed by atoms with E-state index >= 15 is 0 Å². The highest BCUT2D eigenvalue weighted by molar-refractivity contribution is 5.87. The number of hydrogen-bond acceptors (Lipinski definition) is 4. The maximum absolute atomic E-state index is 11.6. The zero-order chi connectivity index (χ0) is 12.6. The van der Waals surface area contributed by atoms with Gasteiger partial charge in [-0.3, -0.25) is 4.79 Å². The van der Waals surface area contributed by atoms with E-state index in [4.69, 9.17) is 9.47 Å². The first kappa shape index (κ1) is 12.1. The molecule has 2 rings (SSSR count). The van der Waals surface area contributed by atoms with Crippen LogP contribution in [0.5, 0.6) is 0 Å². The summed E-state index contributed by atoms with van der Waals surface area (Å²) in [5.74, 6) is -0.0728. The standard InChI is InChI=1S/C13H18O4/c1-8(2)12(15)17-11-10(16-7-14)9-4-5-13(11,3)6-9/h7,9-11H,1,4-6H2,2-3H3. The summed E-state index contributed by atoms with van der Waals surface area (Å²) in [7, 11) is 0. The second-order valence-electron chi connectivity index (χ2n) is 5.46. The lowest BCUT2D eigenvalue weighted by Crippen LogP contribution is -2.43. The molecule has 0 saturated heterocycles. The Morgan fingerprint density at radius 2 is 2.24 bits per heavy atom. The number of fused-ring (bicyclic) bond motifs is 2. The Hall–Kier alpha value is -1.32. The summed E-state index contributed by atoms with van der Waals surface area (Å²) in [6, 6.07) is 0. The molecule has 0 radical (unpaired) electrons. The number of carbonyl (C=O) groups excluding carboxylic acids is 2. The predicted molar refractivity (Wildman–Crippen MR) is 61.1 cm³/mol. The first-order valence-electron chi connectivity index (χ1n) is 5.93. The van der Waals surface area contributed by atoms with E-state index < -0.39 is 5.97 Å². The molecule has 4 heteroatoms. The van der Waals surface area contributed by atoms with Crippen LogP contribution < -0.4 is 0 Å². The van der Waals surface area contributed by atoms with Gasteiger partial charge in [0.15, 0.2) is 0 Å². The van der Waals surface area contributed by atoms with Gasteiger partial charge in [-0.15, -0.1) is 0 Å². The molecule has 2 aliphatic rings. The maximum atomic E-state index is 11.6. The molecule has 4 atom stereocenters. The van der Waals surface area contributed by atoms with Crippen molar-refractivity contribution < 1.29 is 19.1 Å². The van der Waals surface area contributed by atoms with Crippen LogP contribution in [0.15, 0.2) is 12.2 Å². The molecule has 0 aliphatic heterocycles. The molecule has 2 saturated carbocycles. The molecule has 2 fully saturated rings. The summed E-state index contributed by atoms with van der Waals surface area (Å²) in [4.78, 5) is 22.1. The quantitative estimate of drug-likeness (QED) is 0.426. The van der Waals surface area contributed by atoms with E-state index in [1.54, 1.807) is 6.92 Å². The third kappa shape index (κ3) is 1.96. The van der Waals surface area contributed by atoms with Crippen molar-refractivity contribution in [3.8, 4) is 0 Å². The number of esters is 1. The molecular weight excluding hydrogens is 220 g/mol. The second kappa shape index (κ2) is 4.17. The molecule has 2 bridgehead atoms. The molecular formula is C13H18O4. The molecule has 0 N–H and O–H groups in total. The average molecular weight is 238 g/mol. The number of rotatable bonds is 4. The number of carbonyl (C=O) groups is 2. The summed E-state index contributed by atoms with van der Waals surface area (Å²) < 4.78 is 10.6. The van der Waals surface area contributed by atoms with Crippen LogP contribution in [0.3, 0.4) is 0 Å². The second-order valence-corrected chi connectivity index (χ2v) is 5.46. The molecule has 4 unspecified atom stereocenters. The first-order valence-corrected chi connectivity index (χ1v) is 5.93. The van der Waals surface area contributed by atoms with Crippen molar-refractivity contribution in [3.63, 3.8) is 0 Å². The lowest BCUT2D eigenvalue weighted by molar-refractivity contribution is -0.167. The van der Waals surface area contributed by atoms with E-state index in [1.807, 2.05) is 0 Å². The minimum Gasteiger partial charge on any atom is -0.460 e. The highest BCUT2D eigenvalue weighted by atomic mass is 16.6. The first-order chi connectivity index (χ1) is 7.98. The van der Waals surface area contributed by atoms with Crippen molar-refractivity contribution in [1.82, 2.24) is 0 Å². The Morgan fingerprint density at radius 3 is 2.82 bits per heavy atom. The lowest BCUT2D eigenvalue weighted by atomic mass is 9.82. The van der Waals surface area contributed by atoms with Crippen LogP contribution in [-0.2, 0) is 19.1 Å². The normalized spacial score (nSPS) is 38.8. The lowest BCUT2D eigenvalue weighted by Gasteiger charge is -2.35. The van der Waals surface area contributed by atoms with Gasteiger partial charge in [-0.25, -0.2) is 4.79 Å². The molecule has 2 aliphatic carbocycles. The van der Waals surface area contributed by atoms with Gasteiger partial charge in [0.2, 0.25) is 0 Å². The summed E-state index contributed by atoms with van der Waals surface area (Å²) >= 11 is 0. The zero-order valence-electron chi connectivity index (χ0n) is 10.3. The van der Waals surface area contributed by atoms with E-state index in [2.05, 4.69) is 13.5 Å². The van der Waals surface area contributed by atoms with Crippen LogP contribution in [0.2, 0.25) is 0 Å². The van der Waals surface area contributed by atoms with E-state index in [0.29, 0.717) is 18.0 Å². The fourth-order valence-electron chi connectivity index (χ4n) is 3.17. The Morgan fingerprint density at radius 1 is 1.53 bits per heavy atom. The highest BCUT2D eigenvalue weighted by Gasteiger charge is 2.58. The smallest absolute Gasteiger partial charge is 0.333 e. The fourth-order valence-corrected chi connectivity index (χ4v) is 3.17. The van der Waals surface area contributed by atoms with Crippen LogP contribution in [0.4, 0.5) is 0 Å². The topological polar surface area (TPSA) is 52.6 Å². The molecule has 0 spiro atoms.